The van der Waals surface area contributed by atoms with Gasteiger partial charge in [-0.25, -0.2) is 19.8 Å². The fraction of sp³-hybridized carbons (Fsp3) is 0.316. The number of carbonyl (C=O) groups is 1. The Labute approximate surface area is 199 Å². The maximum Gasteiger partial charge on any atom is 0.400 e. The van der Waals surface area contributed by atoms with E-state index in [0.717, 1.165) is 12.1 Å². The van der Waals surface area contributed by atoms with Crippen molar-refractivity contribution in [3.63, 3.8) is 0 Å². The molecule has 1 saturated heterocycles. The van der Waals surface area contributed by atoms with Gasteiger partial charge in [0.2, 0.25) is 0 Å². The zero-order valence-electron chi connectivity index (χ0n) is 16.3. The van der Waals surface area contributed by atoms with Crippen LogP contribution in [-0.2, 0) is 15.0 Å². The van der Waals surface area contributed by atoms with Crippen molar-refractivity contribution in [2.24, 2.45) is 4.99 Å². The van der Waals surface area contributed by atoms with Crippen LogP contribution in [0.25, 0.3) is 0 Å². The van der Waals surface area contributed by atoms with E-state index >= 15 is 0 Å². The zero-order valence-corrected chi connectivity index (χ0v) is 18.7. The van der Waals surface area contributed by atoms with Crippen LogP contribution in [0.1, 0.15) is 23.4 Å². The van der Waals surface area contributed by atoms with Gasteiger partial charge in [-0.05, 0) is 17.7 Å². The molecule has 2 aliphatic rings. The molecule has 33 heavy (non-hydrogen) atoms. The molecule has 2 atom stereocenters. The van der Waals surface area contributed by atoms with Gasteiger partial charge in [-0.2, -0.15) is 13.2 Å². The van der Waals surface area contributed by atoms with Crippen LogP contribution < -0.4 is 10.8 Å². The maximum atomic E-state index is 14.2. The largest absolute Gasteiger partial charge is 0.400 e. The highest BCUT2D eigenvalue weighted by molar-refractivity contribution is 7.80. The van der Waals surface area contributed by atoms with Gasteiger partial charge in [0, 0.05) is 24.4 Å². The molecule has 4 rings (SSSR count). The molecule has 1 amide bonds. The van der Waals surface area contributed by atoms with Gasteiger partial charge in [-0.1, -0.05) is 35.4 Å². The van der Waals surface area contributed by atoms with Gasteiger partial charge >= 0.3 is 6.18 Å². The van der Waals surface area contributed by atoms with Crippen molar-refractivity contribution in [3.8, 4) is 0 Å². The first-order valence-electron chi connectivity index (χ1n) is 9.32. The monoisotopic (exact) mass is 521 g/mol. The summed E-state index contributed by atoms with van der Waals surface area (Å²) in [4.78, 5) is 28.7. The van der Waals surface area contributed by atoms with Crippen molar-refractivity contribution in [2.75, 3.05) is 13.2 Å². The number of nitrogens with zero attached hydrogens (tertiary/aromatic N) is 3. The average Bonchev–Trinajstić information content (AvgIpc) is 3.39. The molecule has 2 aromatic rings. The molecule has 1 aromatic carbocycles. The summed E-state index contributed by atoms with van der Waals surface area (Å²) in [7, 11) is 0. The van der Waals surface area contributed by atoms with Crippen LogP contribution in [0.3, 0.4) is 0 Å². The number of thiocarbonyl (C=S) groups is 1. The van der Waals surface area contributed by atoms with E-state index in [2.05, 4.69) is 25.8 Å². The smallest absolute Gasteiger partial charge is 0.362 e. The SMILES string of the molecule is O=C1NOCC1NC(=S)c1cnc(C2=NCC(c3cc(Cl)c(F)c(Cl)c3)(C(F)(F)F)C2)nc1. The molecule has 14 heteroatoms. The Kier molecular flexibility index (Phi) is 6.29. The minimum atomic E-state index is -4.74. The van der Waals surface area contributed by atoms with E-state index in [0.29, 0.717) is 5.56 Å². The zero-order chi connectivity index (χ0) is 24.0. The van der Waals surface area contributed by atoms with Crippen molar-refractivity contribution in [1.29, 1.82) is 0 Å². The van der Waals surface area contributed by atoms with Crippen LogP contribution >= 0.6 is 35.4 Å². The fourth-order valence-electron chi connectivity index (χ4n) is 3.44. The Balaban J connectivity index is 1.56. The van der Waals surface area contributed by atoms with Crippen molar-refractivity contribution >= 4 is 52.0 Å². The lowest BCUT2D eigenvalue weighted by atomic mass is 9.77. The van der Waals surface area contributed by atoms with E-state index in [1.165, 1.54) is 12.4 Å². The molecule has 7 nitrogen and oxygen atoms in total. The molecule has 3 heterocycles. The summed E-state index contributed by atoms with van der Waals surface area (Å²) < 4.78 is 56.3. The number of benzene rings is 1. The first kappa shape index (κ1) is 23.7. The second kappa shape index (κ2) is 8.75. The highest BCUT2D eigenvalue weighted by Gasteiger charge is 2.59. The quantitative estimate of drug-likeness (QED) is 0.364. The van der Waals surface area contributed by atoms with Gasteiger partial charge in [-0.15, -0.1) is 0 Å². The lowest BCUT2D eigenvalue weighted by molar-refractivity contribution is -0.183. The van der Waals surface area contributed by atoms with E-state index in [9.17, 15) is 22.4 Å². The van der Waals surface area contributed by atoms with Crippen LogP contribution in [0.4, 0.5) is 17.6 Å². The topological polar surface area (TPSA) is 88.5 Å². The number of carbonyl (C=O) groups excluding carboxylic acids is 1. The summed E-state index contributed by atoms with van der Waals surface area (Å²) in [5.74, 6) is -1.41. The van der Waals surface area contributed by atoms with Gasteiger partial charge in [0.1, 0.15) is 23.1 Å². The lowest BCUT2D eigenvalue weighted by Crippen LogP contribution is -2.44. The average molecular weight is 522 g/mol. The van der Waals surface area contributed by atoms with Gasteiger partial charge in [0.25, 0.3) is 5.91 Å². The number of hydrogen-bond donors (Lipinski definition) is 2. The summed E-state index contributed by atoms with van der Waals surface area (Å²) in [5.41, 5.74) is -0.218. The summed E-state index contributed by atoms with van der Waals surface area (Å²) in [6.45, 7) is -0.586. The highest BCUT2D eigenvalue weighted by Crippen LogP contribution is 2.48. The van der Waals surface area contributed by atoms with Crippen LogP contribution in [0, 0.1) is 5.82 Å². The van der Waals surface area contributed by atoms with Gasteiger partial charge in [0.05, 0.1) is 22.3 Å². The van der Waals surface area contributed by atoms with Crippen molar-refractivity contribution < 1.29 is 27.2 Å². The van der Waals surface area contributed by atoms with E-state index in [-0.39, 0.29) is 34.6 Å². The second-order valence-electron chi connectivity index (χ2n) is 7.37. The second-order valence-corrected chi connectivity index (χ2v) is 8.59. The number of alkyl halides is 3. The molecule has 1 fully saturated rings. The minimum Gasteiger partial charge on any atom is -0.362 e. The third kappa shape index (κ3) is 4.39. The molecule has 2 unspecified atom stereocenters. The van der Waals surface area contributed by atoms with E-state index in [1.807, 2.05) is 0 Å². The Morgan fingerprint density at radius 1 is 1.24 bits per heavy atom. The summed E-state index contributed by atoms with van der Waals surface area (Å²) >= 11 is 16.7. The maximum absolute atomic E-state index is 14.2. The Morgan fingerprint density at radius 3 is 2.42 bits per heavy atom. The fourth-order valence-corrected chi connectivity index (χ4v) is 4.18. The van der Waals surface area contributed by atoms with Crippen LogP contribution in [0.15, 0.2) is 29.5 Å². The highest BCUT2D eigenvalue weighted by atomic mass is 35.5. The predicted octanol–water partition coefficient (Wildman–Crippen LogP) is 3.31. The number of aliphatic imine (C=N–C) groups is 1. The van der Waals surface area contributed by atoms with Crippen LogP contribution in [0.2, 0.25) is 10.0 Å². The van der Waals surface area contributed by atoms with Gasteiger partial charge < -0.3 is 5.32 Å². The van der Waals surface area contributed by atoms with Crippen LogP contribution in [-0.4, -0.2) is 51.9 Å². The lowest BCUT2D eigenvalue weighted by Gasteiger charge is -2.31. The first-order chi connectivity index (χ1) is 15.5. The standard InChI is InChI=1S/C19H13Cl2F4N5O2S/c20-10-1-9(2-11(21)14(10)22)18(19(23,24)25)3-12(28-7-18)15-26-4-8(5-27-15)17(33)29-13-6-32-30-16(13)31/h1-2,4-5,13H,3,6-7H2,(H,29,33)(H,30,31). The Morgan fingerprint density at radius 2 is 1.88 bits per heavy atom. The number of amides is 1. The number of halogens is 6. The normalized spacial score (nSPS) is 22.8. The van der Waals surface area contributed by atoms with E-state index in [4.69, 9.17) is 40.3 Å². The number of hydroxylamine groups is 1. The minimum absolute atomic E-state index is 0.0119. The molecular weight excluding hydrogens is 509 g/mol. The first-order valence-corrected chi connectivity index (χ1v) is 10.5. The van der Waals surface area contributed by atoms with E-state index in [1.54, 1.807) is 0 Å². The third-order valence-corrected chi connectivity index (χ3v) is 6.21. The van der Waals surface area contributed by atoms with E-state index < -0.39 is 46.5 Å². The number of nitrogens with one attached hydrogen (secondary N) is 2. The summed E-state index contributed by atoms with van der Waals surface area (Å²) in [5, 5.41) is 1.75. The molecule has 0 bridgehead atoms. The predicted molar refractivity (Wildman–Crippen MR) is 115 cm³/mol. The Hall–Kier alpha value is -2.41. The molecule has 0 radical (unpaired) electrons. The molecule has 174 valence electrons. The summed E-state index contributed by atoms with van der Waals surface area (Å²) in [6, 6.07) is 1.13. The molecule has 2 aliphatic heterocycles. The number of rotatable bonds is 4. The molecule has 0 aliphatic carbocycles. The number of hydrogen-bond acceptors (Lipinski definition) is 6. The molecule has 0 saturated carbocycles. The van der Waals surface area contributed by atoms with Crippen molar-refractivity contribution in [3.05, 3.63) is 57.3 Å². The molecule has 0 spiro atoms. The molecule has 2 N–H and O–H groups in total. The van der Waals surface area contributed by atoms with Gasteiger partial charge in [-0.3, -0.25) is 14.6 Å². The third-order valence-electron chi connectivity index (χ3n) is 5.30. The van der Waals surface area contributed by atoms with Crippen molar-refractivity contribution in [1.82, 2.24) is 20.8 Å². The Bertz CT molecular complexity index is 1140. The summed E-state index contributed by atoms with van der Waals surface area (Å²) in [6.07, 6.45) is -2.70. The van der Waals surface area contributed by atoms with Crippen LogP contribution in [0.5, 0.6) is 0 Å². The molecular formula is C19H13Cl2F4N5O2S. The van der Waals surface area contributed by atoms with Crippen molar-refractivity contribution in [2.45, 2.75) is 24.1 Å². The number of aromatic nitrogens is 2. The molecule has 1 aromatic heterocycles. The van der Waals surface area contributed by atoms with Gasteiger partial charge in [0.15, 0.2) is 11.6 Å².